The SMILES string of the molecule is CCC1CCCC(N(C)CCNC)C1. The van der Waals surface area contributed by atoms with Crippen molar-refractivity contribution in [2.24, 2.45) is 5.92 Å². The van der Waals surface area contributed by atoms with Gasteiger partial charge in [0.2, 0.25) is 0 Å². The summed E-state index contributed by atoms with van der Waals surface area (Å²) in [5.41, 5.74) is 0. The van der Waals surface area contributed by atoms with E-state index in [9.17, 15) is 0 Å². The highest BCUT2D eigenvalue weighted by Gasteiger charge is 2.23. The van der Waals surface area contributed by atoms with Gasteiger partial charge in [-0.1, -0.05) is 26.2 Å². The zero-order valence-electron chi connectivity index (χ0n) is 10.1. The molecule has 0 bridgehead atoms. The van der Waals surface area contributed by atoms with Crippen LogP contribution >= 0.6 is 0 Å². The normalized spacial score (nSPS) is 28.3. The highest BCUT2D eigenvalue weighted by atomic mass is 15.1. The van der Waals surface area contributed by atoms with E-state index in [-0.39, 0.29) is 0 Å². The first-order valence-corrected chi connectivity index (χ1v) is 6.12. The molecule has 2 atom stereocenters. The van der Waals surface area contributed by atoms with Crippen molar-refractivity contribution in [3.63, 3.8) is 0 Å². The number of likely N-dealkylation sites (N-methyl/N-ethyl adjacent to an activating group) is 2. The minimum atomic E-state index is 0.849. The van der Waals surface area contributed by atoms with Crippen molar-refractivity contribution >= 4 is 0 Å². The van der Waals surface area contributed by atoms with Crippen LogP contribution in [0.3, 0.4) is 0 Å². The molecule has 1 N–H and O–H groups in total. The summed E-state index contributed by atoms with van der Waals surface area (Å²) < 4.78 is 0. The molecule has 0 radical (unpaired) electrons. The lowest BCUT2D eigenvalue weighted by atomic mass is 9.83. The minimum absolute atomic E-state index is 0.849. The molecule has 0 heterocycles. The maximum Gasteiger partial charge on any atom is 0.0107 e. The van der Waals surface area contributed by atoms with E-state index in [1.54, 1.807) is 0 Å². The number of nitrogens with zero attached hydrogens (tertiary/aromatic N) is 1. The first kappa shape index (κ1) is 12.0. The van der Waals surface area contributed by atoms with Gasteiger partial charge in [0.1, 0.15) is 0 Å². The van der Waals surface area contributed by atoms with Crippen LogP contribution in [0, 0.1) is 5.92 Å². The van der Waals surface area contributed by atoms with Crippen molar-refractivity contribution in [2.45, 2.75) is 45.1 Å². The summed E-state index contributed by atoms with van der Waals surface area (Å²) in [6.45, 7) is 4.64. The van der Waals surface area contributed by atoms with Gasteiger partial charge >= 0.3 is 0 Å². The lowest BCUT2D eigenvalue weighted by molar-refractivity contribution is 0.157. The summed E-state index contributed by atoms with van der Waals surface area (Å²) in [5.74, 6) is 0.991. The fourth-order valence-corrected chi connectivity index (χ4v) is 2.50. The molecule has 1 saturated carbocycles. The van der Waals surface area contributed by atoms with Crippen molar-refractivity contribution in [2.75, 3.05) is 27.2 Å². The van der Waals surface area contributed by atoms with Gasteiger partial charge in [0.15, 0.2) is 0 Å². The molecule has 0 aliphatic heterocycles. The summed E-state index contributed by atoms with van der Waals surface area (Å²) in [4.78, 5) is 2.54. The van der Waals surface area contributed by atoms with Gasteiger partial charge in [-0.15, -0.1) is 0 Å². The zero-order valence-corrected chi connectivity index (χ0v) is 10.1. The molecule has 0 aromatic rings. The Hall–Kier alpha value is -0.0800. The second-order valence-corrected chi connectivity index (χ2v) is 4.68. The molecule has 0 saturated heterocycles. The van der Waals surface area contributed by atoms with Gasteiger partial charge in [-0.3, -0.25) is 0 Å². The summed E-state index contributed by atoms with van der Waals surface area (Å²) in [7, 11) is 4.31. The van der Waals surface area contributed by atoms with Crippen LogP contribution in [0.1, 0.15) is 39.0 Å². The third-order valence-electron chi connectivity index (χ3n) is 3.67. The van der Waals surface area contributed by atoms with E-state index in [2.05, 4.69) is 24.2 Å². The molecule has 14 heavy (non-hydrogen) atoms. The molecule has 0 spiro atoms. The van der Waals surface area contributed by atoms with Gasteiger partial charge in [-0.05, 0) is 32.9 Å². The lowest BCUT2D eigenvalue weighted by Gasteiger charge is -2.35. The molecular weight excluding hydrogens is 172 g/mol. The topological polar surface area (TPSA) is 15.3 Å². The highest BCUT2D eigenvalue weighted by Crippen LogP contribution is 2.28. The van der Waals surface area contributed by atoms with Crippen LogP contribution < -0.4 is 5.32 Å². The number of hydrogen-bond acceptors (Lipinski definition) is 2. The standard InChI is InChI=1S/C12H26N2/c1-4-11-6-5-7-12(10-11)14(3)9-8-13-2/h11-13H,4-10H2,1-3H3. The van der Waals surface area contributed by atoms with Crippen LogP contribution in [0.2, 0.25) is 0 Å². The van der Waals surface area contributed by atoms with Gasteiger partial charge in [0, 0.05) is 19.1 Å². The molecule has 0 aromatic heterocycles. The molecule has 2 unspecified atom stereocenters. The molecular formula is C12H26N2. The molecule has 2 nitrogen and oxygen atoms in total. The van der Waals surface area contributed by atoms with Gasteiger partial charge < -0.3 is 10.2 Å². The Morgan fingerprint density at radius 1 is 1.36 bits per heavy atom. The number of rotatable bonds is 5. The largest absolute Gasteiger partial charge is 0.318 e. The first-order valence-electron chi connectivity index (χ1n) is 6.12. The van der Waals surface area contributed by atoms with Gasteiger partial charge in [0.05, 0.1) is 0 Å². The number of nitrogens with one attached hydrogen (secondary N) is 1. The average molecular weight is 198 g/mol. The zero-order chi connectivity index (χ0) is 10.4. The maximum absolute atomic E-state index is 3.22. The average Bonchev–Trinajstić information content (AvgIpc) is 2.26. The van der Waals surface area contributed by atoms with E-state index < -0.39 is 0 Å². The summed E-state index contributed by atoms with van der Waals surface area (Å²) in [5, 5.41) is 3.22. The predicted octanol–water partition coefficient (Wildman–Crippen LogP) is 2.11. The molecule has 1 aliphatic rings. The van der Waals surface area contributed by atoms with Gasteiger partial charge in [0.25, 0.3) is 0 Å². The summed E-state index contributed by atoms with van der Waals surface area (Å²) in [6.07, 6.45) is 7.11. The van der Waals surface area contributed by atoms with Gasteiger partial charge in [-0.2, -0.15) is 0 Å². The third-order valence-corrected chi connectivity index (χ3v) is 3.67. The van der Waals surface area contributed by atoms with Crippen LogP contribution in [0.15, 0.2) is 0 Å². The van der Waals surface area contributed by atoms with Crippen LogP contribution in [-0.4, -0.2) is 38.1 Å². The second-order valence-electron chi connectivity index (χ2n) is 4.68. The smallest absolute Gasteiger partial charge is 0.0107 e. The van der Waals surface area contributed by atoms with Crippen LogP contribution in [-0.2, 0) is 0 Å². The molecule has 1 rings (SSSR count). The quantitative estimate of drug-likeness (QED) is 0.728. The van der Waals surface area contributed by atoms with E-state index >= 15 is 0 Å². The van der Waals surface area contributed by atoms with Gasteiger partial charge in [-0.25, -0.2) is 0 Å². The Morgan fingerprint density at radius 3 is 2.79 bits per heavy atom. The molecule has 84 valence electrons. The van der Waals surface area contributed by atoms with Crippen molar-refractivity contribution in [3.8, 4) is 0 Å². The molecule has 0 amide bonds. The Morgan fingerprint density at radius 2 is 2.14 bits per heavy atom. The minimum Gasteiger partial charge on any atom is -0.318 e. The Bertz CT molecular complexity index is 147. The second kappa shape index (κ2) is 6.41. The molecule has 1 fully saturated rings. The summed E-state index contributed by atoms with van der Waals surface area (Å²) >= 11 is 0. The fraction of sp³-hybridized carbons (Fsp3) is 1.00. The van der Waals surface area contributed by atoms with Crippen molar-refractivity contribution in [1.82, 2.24) is 10.2 Å². The monoisotopic (exact) mass is 198 g/mol. The van der Waals surface area contributed by atoms with E-state index in [0.29, 0.717) is 0 Å². The van der Waals surface area contributed by atoms with Crippen molar-refractivity contribution in [1.29, 1.82) is 0 Å². The van der Waals surface area contributed by atoms with E-state index in [1.807, 2.05) is 7.05 Å². The Labute approximate surface area is 89.1 Å². The third kappa shape index (κ3) is 3.58. The lowest BCUT2D eigenvalue weighted by Crippen LogP contribution is -2.39. The van der Waals surface area contributed by atoms with Crippen LogP contribution in [0.5, 0.6) is 0 Å². The number of hydrogen-bond donors (Lipinski definition) is 1. The Kier molecular flexibility index (Phi) is 5.49. The maximum atomic E-state index is 3.22. The van der Waals surface area contributed by atoms with Crippen molar-refractivity contribution in [3.05, 3.63) is 0 Å². The van der Waals surface area contributed by atoms with E-state index in [4.69, 9.17) is 0 Å². The Balaban J connectivity index is 2.27. The van der Waals surface area contributed by atoms with E-state index in [1.165, 1.54) is 38.6 Å². The van der Waals surface area contributed by atoms with E-state index in [0.717, 1.165) is 18.5 Å². The fourth-order valence-electron chi connectivity index (χ4n) is 2.50. The predicted molar refractivity (Wildman–Crippen MR) is 62.6 cm³/mol. The molecule has 0 aromatic carbocycles. The first-order chi connectivity index (χ1) is 6.77. The molecule has 2 heteroatoms. The molecule has 1 aliphatic carbocycles. The summed E-state index contributed by atoms with van der Waals surface area (Å²) in [6, 6.07) is 0.849. The van der Waals surface area contributed by atoms with Crippen molar-refractivity contribution < 1.29 is 0 Å². The van der Waals surface area contributed by atoms with Crippen LogP contribution in [0.25, 0.3) is 0 Å². The van der Waals surface area contributed by atoms with Crippen LogP contribution in [0.4, 0.5) is 0 Å². The highest BCUT2D eigenvalue weighted by molar-refractivity contribution is 4.78.